The Balaban J connectivity index is 2.05. The third-order valence-corrected chi connectivity index (χ3v) is 1.89. The highest BCUT2D eigenvalue weighted by Gasteiger charge is 2.00. The van der Waals surface area contributed by atoms with Crippen LogP contribution >= 0.6 is 0 Å². The lowest BCUT2D eigenvalue weighted by Crippen LogP contribution is -2.19. The molecular weight excluding hydrogens is 196 g/mol. The van der Waals surface area contributed by atoms with Crippen LogP contribution in [-0.4, -0.2) is 14.7 Å². The highest BCUT2D eigenvalue weighted by Crippen LogP contribution is 2.09. The molecule has 0 atom stereocenters. The molecule has 2 N–H and O–H groups in total. The van der Waals surface area contributed by atoms with E-state index in [2.05, 4.69) is 4.98 Å². The van der Waals surface area contributed by atoms with Crippen LogP contribution < -0.4 is 10.4 Å². The Morgan fingerprint density at radius 3 is 2.67 bits per heavy atom. The number of aromatic nitrogens is 2. The number of aromatic hydroxyl groups is 1. The molecule has 0 aliphatic rings. The molecule has 0 fully saturated rings. The molecule has 0 bridgehead atoms. The predicted molar refractivity (Wildman–Crippen MR) is 53.8 cm³/mol. The molecule has 0 saturated heterocycles. The fourth-order valence-corrected chi connectivity index (χ4v) is 1.18. The van der Waals surface area contributed by atoms with Gasteiger partial charge in [0.25, 0.3) is 0 Å². The maximum absolute atomic E-state index is 11.1. The minimum absolute atomic E-state index is 0.0694. The summed E-state index contributed by atoms with van der Waals surface area (Å²) < 4.78 is 6.56. The maximum atomic E-state index is 11.1. The molecule has 2 rings (SSSR count). The number of imidazole rings is 1. The summed E-state index contributed by atoms with van der Waals surface area (Å²) in [6.07, 6.45) is 1.28. The van der Waals surface area contributed by atoms with Gasteiger partial charge in [0, 0.05) is 0 Å². The maximum Gasteiger partial charge on any atom is 0.331 e. The smallest absolute Gasteiger partial charge is 0.331 e. The van der Waals surface area contributed by atoms with Crippen molar-refractivity contribution in [1.29, 1.82) is 0 Å². The number of hydrogen-bond donors (Lipinski definition) is 2. The molecule has 0 aliphatic heterocycles. The lowest BCUT2D eigenvalue weighted by atomic mass is 10.3. The van der Waals surface area contributed by atoms with E-state index in [-0.39, 0.29) is 12.6 Å². The Labute approximate surface area is 85.6 Å². The van der Waals surface area contributed by atoms with Crippen molar-refractivity contribution in [1.82, 2.24) is 9.55 Å². The Hall–Kier alpha value is -2.17. The third-order valence-electron chi connectivity index (χ3n) is 1.89. The lowest BCUT2D eigenvalue weighted by molar-refractivity contribution is 0.232. The highest BCUT2D eigenvalue weighted by atomic mass is 16.5. The van der Waals surface area contributed by atoms with Crippen LogP contribution in [0.4, 0.5) is 0 Å². The van der Waals surface area contributed by atoms with Gasteiger partial charge in [0.05, 0.1) is 6.20 Å². The molecule has 0 unspecified atom stereocenters. The van der Waals surface area contributed by atoms with Crippen molar-refractivity contribution in [3.63, 3.8) is 0 Å². The average Bonchev–Trinajstić information content (AvgIpc) is 2.56. The van der Waals surface area contributed by atoms with Crippen molar-refractivity contribution in [2.24, 2.45) is 0 Å². The van der Waals surface area contributed by atoms with Gasteiger partial charge in [0.1, 0.15) is 5.75 Å². The van der Waals surface area contributed by atoms with E-state index >= 15 is 0 Å². The molecular formula is C10H10N2O3. The zero-order valence-corrected chi connectivity index (χ0v) is 7.88. The Bertz CT molecular complexity index is 487. The summed E-state index contributed by atoms with van der Waals surface area (Å²) >= 11 is 0. The van der Waals surface area contributed by atoms with E-state index in [0.717, 1.165) is 0 Å². The molecule has 1 heterocycles. The normalized spacial score (nSPS) is 10.1. The number of aromatic amines is 1. The van der Waals surface area contributed by atoms with Crippen LogP contribution in [0.3, 0.4) is 0 Å². The second-order valence-corrected chi connectivity index (χ2v) is 3.00. The quantitative estimate of drug-likeness (QED) is 0.784. The van der Waals surface area contributed by atoms with Crippen molar-refractivity contribution in [3.05, 3.63) is 47.0 Å². The van der Waals surface area contributed by atoms with Crippen LogP contribution in [0, 0.1) is 0 Å². The van der Waals surface area contributed by atoms with Crippen molar-refractivity contribution in [2.45, 2.75) is 6.73 Å². The summed E-state index contributed by atoms with van der Waals surface area (Å²) in [4.78, 5) is 13.4. The Kier molecular flexibility index (Phi) is 2.45. The van der Waals surface area contributed by atoms with Crippen LogP contribution in [-0.2, 0) is 6.73 Å². The first kappa shape index (κ1) is 9.39. The van der Waals surface area contributed by atoms with E-state index in [1.54, 1.807) is 12.1 Å². The lowest BCUT2D eigenvalue weighted by Gasteiger charge is -2.04. The fraction of sp³-hybridized carbons (Fsp3) is 0.100. The summed E-state index contributed by atoms with van der Waals surface area (Å²) in [5.41, 5.74) is -0.400. The molecule has 2 aromatic rings. The van der Waals surface area contributed by atoms with E-state index in [4.69, 9.17) is 9.84 Å². The van der Waals surface area contributed by atoms with Crippen LogP contribution in [0.1, 0.15) is 0 Å². The van der Waals surface area contributed by atoms with Gasteiger partial charge in [0.15, 0.2) is 6.73 Å². The number of nitrogens with one attached hydrogen (secondary N) is 1. The van der Waals surface area contributed by atoms with Gasteiger partial charge in [-0.05, 0) is 12.1 Å². The first-order chi connectivity index (χ1) is 7.25. The summed E-state index contributed by atoms with van der Waals surface area (Å²) in [5.74, 6) is 0.502. The van der Waals surface area contributed by atoms with Crippen LogP contribution in [0.25, 0.3) is 0 Å². The van der Waals surface area contributed by atoms with E-state index < -0.39 is 5.69 Å². The van der Waals surface area contributed by atoms with Crippen molar-refractivity contribution < 1.29 is 9.84 Å². The van der Waals surface area contributed by atoms with Crippen molar-refractivity contribution in [3.8, 4) is 11.6 Å². The van der Waals surface area contributed by atoms with Crippen LogP contribution in [0.5, 0.6) is 11.6 Å². The number of para-hydroxylation sites is 1. The zero-order chi connectivity index (χ0) is 10.7. The predicted octanol–water partition coefficient (Wildman–Crippen LogP) is 0.918. The molecule has 5 nitrogen and oxygen atoms in total. The molecule has 1 aromatic heterocycles. The zero-order valence-electron chi connectivity index (χ0n) is 7.88. The highest BCUT2D eigenvalue weighted by molar-refractivity contribution is 5.20. The summed E-state index contributed by atoms with van der Waals surface area (Å²) in [7, 11) is 0. The SMILES string of the molecule is O=c1[nH]c(O)cn1COc1ccccc1. The number of rotatable bonds is 3. The van der Waals surface area contributed by atoms with Crippen LogP contribution in [0.2, 0.25) is 0 Å². The van der Waals surface area contributed by atoms with Gasteiger partial charge in [-0.1, -0.05) is 18.2 Å². The van der Waals surface area contributed by atoms with Gasteiger partial charge in [-0.3, -0.25) is 9.55 Å². The second kappa shape index (κ2) is 3.91. The largest absolute Gasteiger partial charge is 0.493 e. The molecule has 0 radical (unpaired) electrons. The van der Waals surface area contributed by atoms with Crippen LogP contribution in [0.15, 0.2) is 41.3 Å². The van der Waals surface area contributed by atoms with Gasteiger partial charge in [-0.25, -0.2) is 4.79 Å². The standard InChI is InChI=1S/C10H10N2O3/c13-9-6-12(10(14)11-9)7-15-8-4-2-1-3-5-8/h1-6,13H,7H2,(H,11,14). The number of hydrogen-bond acceptors (Lipinski definition) is 3. The fourth-order valence-electron chi connectivity index (χ4n) is 1.18. The van der Waals surface area contributed by atoms with Gasteiger partial charge < -0.3 is 9.84 Å². The van der Waals surface area contributed by atoms with Gasteiger partial charge in [-0.2, -0.15) is 0 Å². The van der Waals surface area contributed by atoms with E-state index in [9.17, 15) is 4.79 Å². The monoisotopic (exact) mass is 206 g/mol. The Morgan fingerprint density at radius 1 is 1.33 bits per heavy atom. The first-order valence-corrected chi connectivity index (χ1v) is 4.42. The number of nitrogens with zero attached hydrogens (tertiary/aromatic N) is 1. The molecule has 0 aliphatic carbocycles. The van der Waals surface area contributed by atoms with E-state index in [1.165, 1.54) is 10.8 Å². The van der Waals surface area contributed by atoms with Crippen molar-refractivity contribution >= 4 is 0 Å². The number of H-pyrrole nitrogens is 1. The first-order valence-electron chi connectivity index (χ1n) is 4.42. The molecule has 1 aromatic carbocycles. The van der Waals surface area contributed by atoms with Gasteiger partial charge in [-0.15, -0.1) is 0 Å². The molecule has 0 spiro atoms. The Morgan fingerprint density at radius 2 is 2.07 bits per heavy atom. The minimum Gasteiger partial charge on any atom is -0.493 e. The topological polar surface area (TPSA) is 67.2 Å². The van der Waals surface area contributed by atoms with Gasteiger partial charge in [0.2, 0.25) is 5.88 Å². The van der Waals surface area contributed by atoms with E-state index in [0.29, 0.717) is 5.75 Å². The molecule has 78 valence electrons. The summed E-state index contributed by atoms with van der Waals surface area (Å²) in [6, 6.07) is 9.13. The van der Waals surface area contributed by atoms with Gasteiger partial charge >= 0.3 is 5.69 Å². The van der Waals surface area contributed by atoms with Crippen molar-refractivity contribution in [2.75, 3.05) is 0 Å². The molecule has 15 heavy (non-hydrogen) atoms. The average molecular weight is 206 g/mol. The van der Waals surface area contributed by atoms with E-state index in [1.807, 2.05) is 18.2 Å². The minimum atomic E-state index is -0.400. The number of benzene rings is 1. The molecule has 0 saturated carbocycles. The summed E-state index contributed by atoms with van der Waals surface area (Å²) in [6.45, 7) is 0.0694. The number of ether oxygens (including phenoxy) is 1. The second-order valence-electron chi connectivity index (χ2n) is 3.00. The summed E-state index contributed by atoms with van der Waals surface area (Å²) in [5, 5.41) is 9.00. The third kappa shape index (κ3) is 2.19. The molecule has 5 heteroatoms. The molecule has 0 amide bonds.